The molecular formula is C42H84S2. The summed E-state index contributed by atoms with van der Waals surface area (Å²) in [5, 5.41) is 0. The van der Waals surface area contributed by atoms with E-state index in [4.69, 9.17) is 0 Å². The van der Waals surface area contributed by atoms with Gasteiger partial charge in [-0.15, -0.1) is 23.5 Å². The van der Waals surface area contributed by atoms with Crippen LogP contribution in [0.15, 0.2) is 0 Å². The lowest BCUT2D eigenvalue weighted by molar-refractivity contribution is 0.489. The van der Waals surface area contributed by atoms with E-state index in [0.717, 1.165) is 0 Å². The van der Waals surface area contributed by atoms with Crippen molar-refractivity contribution in [1.82, 2.24) is 0 Å². The average Bonchev–Trinajstić information content (AvgIpc) is 3.04. The molecule has 0 heterocycles. The molecule has 1 saturated carbocycles. The second kappa shape index (κ2) is 35.0. The predicted octanol–water partition coefficient (Wildman–Crippen LogP) is 16.6. The lowest BCUT2D eigenvalue weighted by Gasteiger charge is -2.36. The Balaban J connectivity index is 1.88. The maximum absolute atomic E-state index is 2.38. The zero-order valence-corrected chi connectivity index (χ0v) is 32.5. The first-order valence-electron chi connectivity index (χ1n) is 21.1. The number of hydrogen-bond acceptors (Lipinski definition) is 2. The minimum absolute atomic E-state index is 0.587. The number of rotatable bonds is 36. The molecule has 2 heteroatoms. The molecule has 1 aliphatic carbocycles. The van der Waals surface area contributed by atoms with E-state index in [-0.39, 0.29) is 0 Å². The van der Waals surface area contributed by atoms with Gasteiger partial charge in [0.2, 0.25) is 0 Å². The lowest BCUT2D eigenvalue weighted by Crippen LogP contribution is -2.25. The number of thioether (sulfide) groups is 2. The molecule has 0 N–H and O–H groups in total. The van der Waals surface area contributed by atoms with E-state index in [1.165, 1.54) is 249 Å². The van der Waals surface area contributed by atoms with E-state index in [0.29, 0.717) is 4.08 Å². The van der Waals surface area contributed by atoms with Crippen molar-refractivity contribution in [1.29, 1.82) is 0 Å². The average molecular weight is 653 g/mol. The molecule has 1 fully saturated rings. The Morgan fingerprint density at radius 3 is 0.773 bits per heavy atom. The van der Waals surface area contributed by atoms with Gasteiger partial charge < -0.3 is 0 Å². The molecule has 0 aliphatic heterocycles. The third-order valence-corrected chi connectivity index (χ3v) is 13.9. The highest BCUT2D eigenvalue weighted by atomic mass is 32.2. The molecule has 0 aromatic carbocycles. The summed E-state index contributed by atoms with van der Waals surface area (Å²) in [6.45, 7) is 4.63. The van der Waals surface area contributed by atoms with E-state index >= 15 is 0 Å². The van der Waals surface area contributed by atoms with Crippen LogP contribution in [0.25, 0.3) is 0 Å². The van der Waals surface area contributed by atoms with E-state index in [2.05, 4.69) is 37.4 Å². The van der Waals surface area contributed by atoms with Gasteiger partial charge in [-0.05, 0) is 37.2 Å². The van der Waals surface area contributed by atoms with Crippen molar-refractivity contribution in [3.63, 3.8) is 0 Å². The number of hydrogen-bond donors (Lipinski definition) is 0. The monoisotopic (exact) mass is 653 g/mol. The second-order valence-electron chi connectivity index (χ2n) is 14.8. The fraction of sp³-hybridized carbons (Fsp3) is 1.00. The molecule has 1 rings (SSSR count). The summed E-state index contributed by atoms with van der Waals surface area (Å²) in [4.78, 5) is 0. The fourth-order valence-electron chi connectivity index (χ4n) is 7.24. The predicted molar refractivity (Wildman–Crippen MR) is 210 cm³/mol. The SMILES string of the molecule is CCCCCCCCCCCCCCCCCCSC1(SCCCCCCCCCCCCCCCCCC)CCCCC1. The van der Waals surface area contributed by atoms with Crippen molar-refractivity contribution >= 4 is 23.5 Å². The summed E-state index contributed by atoms with van der Waals surface area (Å²) in [7, 11) is 0. The van der Waals surface area contributed by atoms with Crippen LogP contribution in [-0.4, -0.2) is 15.6 Å². The first-order valence-corrected chi connectivity index (χ1v) is 23.1. The van der Waals surface area contributed by atoms with Crippen molar-refractivity contribution in [2.75, 3.05) is 11.5 Å². The summed E-state index contributed by atoms with van der Waals surface area (Å²) < 4.78 is 0.587. The van der Waals surface area contributed by atoms with Gasteiger partial charge in [0.25, 0.3) is 0 Å². The Hall–Kier alpha value is 0.700. The molecule has 1 aliphatic rings. The molecule has 0 aromatic rings. The lowest BCUT2D eigenvalue weighted by atomic mass is 10.00. The van der Waals surface area contributed by atoms with Crippen molar-refractivity contribution in [2.24, 2.45) is 0 Å². The summed E-state index contributed by atoms with van der Waals surface area (Å²) in [5.74, 6) is 2.84. The van der Waals surface area contributed by atoms with E-state index in [9.17, 15) is 0 Å². The Kier molecular flexibility index (Phi) is 34.0. The Labute approximate surface area is 289 Å². The molecule has 0 spiro atoms. The van der Waals surface area contributed by atoms with Gasteiger partial charge in [0.05, 0.1) is 4.08 Å². The molecule has 0 unspecified atom stereocenters. The molecule has 0 nitrogen and oxygen atoms in total. The third kappa shape index (κ3) is 28.9. The van der Waals surface area contributed by atoms with Crippen molar-refractivity contribution in [3.8, 4) is 0 Å². The second-order valence-corrected chi connectivity index (χ2v) is 18.0. The zero-order chi connectivity index (χ0) is 31.5. The van der Waals surface area contributed by atoms with E-state index in [1.807, 2.05) is 0 Å². The first kappa shape index (κ1) is 42.7. The molecule has 44 heavy (non-hydrogen) atoms. The highest BCUT2D eigenvalue weighted by Crippen LogP contribution is 2.49. The standard InChI is InChI=1S/C42H84S2/c1-3-5-7-9-11-13-15-17-19-21-23-25-27-29-31-36-40-43-42(38-34-33-35-39-42)44-41-37-32-30-28-26-24-22-20-18-16-14-12-10-8-6-4-2/h3-41H2,1-2H3. The van der Waals surface area contributed by atoms with Crippen LogP contribution in [0, 0.1) is 0 Å². The molecular weight excluding hydrogens is 569 g/mol. The number of unbranched alkanes of at least 4 members (excludes halogenated alkanes) is 30. The smallest absolute Gasteiger partial charge is 0.0611 e. The maximum atomic E-state index is 2.38. The van der Waals surface area contributed by atoms with Gasteiger partial charge >= 0.3 is 0 Å². The summed E-state index contributed by atoms with van der Waals surface area (Å²) in [5.41, 5.74) is 0. The Morgan fingerprint density at radius 1 is 0.295 bits per heavy atom. The highest BCUT2D eigenvalue weighted by molar-refractivity contribution is 8.18. The normalized spacial score (nSPS) is 14.9. The van der Waals surface area contributed by atoms with Gasteiger partial charge in [0, 0.05) is 0 Å². The Bertz CT molecular complexity index is 486. The molecule has 264 valence electrons. The van der Waals surface area contributed by atoms with Gasteiger partial charge in [0.15, 0.2) is 0 Å². The third-order valence-electron chi connectivity index (χ3n) is 10.3. The minimum atomic E-state index is 0.587. The highest BCUT2D eigenvalue weighted by Gasteiger charge is 2.32. The fourth-order valence-corrected chi connectivity index (χ4v) is 10.7. The summed E-state index contributed by atoms with van der Waals surface area (Å²) in [6.07, 6.45) is 54.6. The minimum Gasteiger partial charge on any atom is -0.144 e. The quantitative estimate of drug-likeness (QED) is 0.0488. The van der Waals surface area contributed by atoms with E-state index in [1.54, 1.807) is 0 Å². The van der Waals surface area contributed by atoms with Crippen LogP contribution in [0.1, 0.15) is 251 Å². The largest absolute Gasteiger partial charge is 0.144 e. The molecule has 0 atom stereocenters. The van der Waals surface area contributed by atoms with Crippen molar-refractivity contribution < 1.29 is 0 Å². The van der Waals surface area contributed by atoms with Gasteiger partial charge in [0.1, 0.15) is 0 Å². The van der Waals surface area contributed by atoms with Crippen LogP contribution in [0.2, 0.25) is 0 Å². The molecule has 0 amide bonds. The van der Waals surface area contributed by atoms with Gasteiger partial charge in [-0.2, -0.15) is 0 Å². The van der Waals surface area contributed by atoms with Gasteiger partial charge in [-0.1, -0.05) is 226 Å². The van der Waals surface area contributed by atoms with Crippen LogP contribution < -0.4 is 0 Å². The summed E-state index contributed by atoms with van der Waals surface area (Å²) in [6, 6.07) is 0. The van der Waals surface area contributed by atoms with Crippen LogP contribution in [-0.2, 0) is 0 Å². The van der Waals surface area contributed by atoms with Crippen LogP contribution in [0.4, 0.5) is 0 Å². The molecule has 0 aromatic heterocycles. The topological polar surface area (TPSA) is 0 Å². The maximum Gasteiger partial charge on any atom is 0.0611 e. The Morgan fingerprint density at radius 2 is 0.523 bits per heavy atom. The first-order chi connectivity index (χ1) is 21.8. The van der Waals surface area contributed by atoms with Crippen LogP contribution >= 0.6 is 23.5 Å². The van der Waals surface area contributed by atoms with Crippen LogP contribution in [0.3, 0.4) is 0 Å². The van der Waals surface area contributed by atoms with Gasteiger partial charge in [-0.25, -0.2) is 0 Å². The van der Waals surface area contributed by atoms with E-state index < -0.39 is 0 Å². The van der Waals surface area contributed by atoms with Crippen molar-refractivity contribution in [2.45, 2.75) is 255 Å². The molecule has 0 saturated heterocycles. The van der Waals surface area contributed by atoms with Gasteiger partial charge in [-0.3, -0.25) is 0 Å². The van der Waals surface area contributed by atoms with Crippen LogP contribution in [0.5, 0.6) is 0 Å². The molecule has 0 bridgehead atoms. The van der Waals surface area contributed by atoms with Crippen molar-refractivity contribution in [3.05, 3.63) is 0 Å². The zero-order valence-electron chi connectivity index (χ0n) is 30.9. The summed E-state index contributed by atoms with van der Waals surface area (Å²) >= 11 is 4.77. The molecule has 0 radical (unpaired) electrons.